The molecule has 0 saturated heterocycles. The topological polar surface area (TPSA) is 21.3 Å². The molecule has 2 aliphatic rings. The second kappa shape index (κ2) is 6.13. The van der Waals surface area contributed by atoms with Gasteiger partial charge in [-0.15, -0.1) is 0 Å². The predicted octanol–water partition coefficient (Wildman–Crippen LogP) is 3.99. The Balaban J connectivity index is 1.82. The van der Waals surface area contributed by atoms with Gasteiger partial charge in [-0.3, -0.25) is 0 Å². The van der Waals surface area contributed by atoms with E-state index in [1.54, 1.807) is 0 Å². The van der Waals surface area contributed by atoms with Crippen molar-refractivity contribution in [3.63, 3.8) is 0 Å². The molecule has 0 aromatic rings. The molecule has 0 aliphatic heterocycles. The third-order valence-corrected chi connectivity index (χ3v) is 5.64. The van der Waals surface area contributed by atoms with Gasteiger partial charge in [0.1, 0.15) is 0 Å². The lowest BCUT2D eigenvalue weighted by molar-refractivity contribution is -0.117. The van der Waals surface area contributed by atoms with Gasteiger partial charge in [0, 0.05) is 24.1 Å². The molecule has 0 heterocycles. The van der Waals surface area contributed by atoms with Crippen LogP contribution in [0.15, 0.2) is 0 Å². The van der Waals surface area contributed by atoms with Gasteiger partial charge in [0.15, 0.2) is 0 Å². The van der Waals surface area contributed by atoms with E-state index in [0.29, 0.717) is 17.6 Å². The van der Waals surface area contributed by atoms with E-state index in [0.717, 1.165) is 24.5 Å². The smallest absolute Gasteiger partial charge is 0.0655 e. The van der Waals surface area contributed by atoms with Gasteiger partial charge in [0.2, 0.25) is 0 Å². The predicted molar refractivity (Wildman–Crippen MR) is 81.3 cm³/mol. The summed E-state index contributed by atoms with van der Waals surface area (Å²) in [4.78, 5) is 0. The molecule has 0 aromatic carbocycles. The van der Waals surface area contributed by atoms with Crippen LogP contribution < -0.4 is 5.32 Å². The van der Waals surface area contributed by atoms with E-state index in [-0.39, 0.29) is 0 Å². The molecule has 0 spiro atoms. The summed E-state index contributed by atoms with van der Waals surface area (Å²) in [6.07, 6.45) is 7.25. The summed E-state index contributed by atoms with van der Waals surface area (Å²) in [6.45, 7) is 12.4. The van der Waals surface area contributed by atoms with Crippen LogP contribution in [0.25, 0.3) is 0 Å². The normalized spacial score (nSPS) is 38.2. The minimum absolute atomic E-state index is 0.306. The van der Waals surface area contributed by atoms with Crippen molar-refractivity contribution >= 4 is 0 Å². The van der Waals surface area contributed by atoms with Crippen molar-refractivity contribution in [2.24, 2.45) is 17.3 Å². The molecular weight excluding hydrogens is 234 g/mol. The van der Waals surface area contributed by atoms with Crippen LogP contribution in [-0.4, -0.2) is 24.8 Å². The highest BCUT2D eigenvalue weighted by Gasteiger charge is 2.49. The second-order valence-corrected chi connectivity index (χ2v) is 7.59. The molecule has 19 heavy (non-hydrogen) atoms. The molecule has 0 aromatic heterocycles. The third-order valence-electron chi connectivity index (χ3n) is 5.64. The summed E-state index contributed by atoms with van der Waals surface area (Å²) in [5, 5.41) is 3.94. The van der Waals surface area contributed by atoms with Gasteiger partial charge in [-0.2, -0.15) is 0 Å². The van der Waals surface area contributed by atoms with E-state index in [4.69, 9.17) is 4.74 Å². The van der Waals surface area contributed by atoms with Crippen molar-refractivity contribution in [2.75, 3.05) is 6.61 Å². The number of nitrogens with one attached hydrogen (secondary N) is 1. The van der Waals surface area contributed by atoms with Crippen molar-refractivity contribution in [1.29, 1.82) is 0 Å². The first-order chi connectivity index (χ1) is 8.95. The Morgan fingerprint density at radius 1 is 1.21 bits per heavy atom. The minimum Gasteiger partial charge on any atom is -0.378 e. The molecule has 2 saturated carbocycles. The molecule has 2 aliphatic carbocycles. The Kier molecular flexibility index (Phi) is 4.94. The molecule has 2 heteroatoms. The Bertz CT molecular complexity index is 287. The van der Waals surface area contributed by atoms with Crippen LogP contribution in [-0.2, 0) is 4.74 Å². The van der Waals surface area contributed by atoms with Crippen molar-refractivity contribution in [3.05, 3.63) is 0 Å². The summed E-state index contributed by atoms with van der Waals surface area (Å²) in [6, 6.07) is 1.40. The maximum atomic E-state index is 5.83. The van der Waals surface area contributed by atoms with E-state index in [1.165, 1.54) is 32.1 Å². The Labute approximate surface area is 119 Å². The third kappa shape index (κ3) is 3.33. The number of rotatable bonds is 5. The molecule has 4 atom stereocenters. The Hall–Kier alpha value is -0.0800. The molecule has 0 radical (unpaired) electrons. The van der Waals surface area contributed by atoms with Crippen molar-refractivity contribution < 1.29 is 4.74 Å². The quantitative estimate of drug-likeness (QED) is 0.813. The second-order valence-electron chi connectivity index (χ2n) is 7.59. The van der Waals surface area contributed by atoms with Crippen LogP contribution in [0.2, 0.25) is 0 Å². The first-order valence-corrected chi connectivity index (χ1v) is 8.32. The lowest BCUT2D eigenvalue weighted by Gasteiger charge is -2.53. The van der Waals surface area contributed by atoms with E-state index >= 15 is 0 Å². The van der Waals surface area contributed by atoms with Crippen LogP contribution in [0.5, 0.6) is 0 Å². The number of hydrogen-bond donors (Lipinski definition) is 1. The zero-order valence-corrected chi connectivity index (χ0v) is 13.5. The number of ether oxygens (including phenoxy) is 1. The SMILES string of the molecule is CCOC1CC(NC2CCCC(C(C)C)C2)C1(C)C. The monoisotopic (exact) mass is 267 g/mol. The standard InChI is InChI=1S/C17H33NO/c1-6-19-16-11-15(17(16,4)5)18-14-9-7-8-13(10-14)12(2)3/h12-16,18H,6-11H2,1-5H3. The average molecular weight is 267 g/mol. The lowest BCUT2D eigenvalue weighted by atomic mass is 9.64. The van der Waals surface area contributed by atoms with Gasteiger partial charge in [-0.1, -0.05) is 40.5 Å². The molecular formula is C17H33NO. The molecule has 2 nitrogen and oxygen atoms in total. The summed E-state index contributed by atoms with van der Waals surface area (Å²) in [5.74, 6) is 1.77. The van der Waals surface area contributed by atoms with Gasteiger partial charge in [-0.05, 0) is 38.0 Å². The Morgan fingerprint density at radius 2 is 1.95 bits per heavy atom. The van der Waals surface area contributed by atoms with Gasteiger partial charge in [-0.25, -0.2) is 0 Å². The molecule has 2 fully saturated rings. The number of hydrogen-bond acceptors (Lipinski definition) is 2. The maximum Gasteiger partial charge on any atom is 0.0655 e. The van der Waals surface area contributed by atoms with Crippen LogP contribution in [0.1, 0.15) is 66.7 Å². The summed E-state index contributed by atoms with van der Waals surface area (Å²) in [5.41, 5.74) is 0.306. The molecule has 2 rings (SSSR count). The highest BCUT2D eigenvalue weighted by atomic mass is 16.5. The Morgan fingerprint density at radius 3 is 2.53 bits per heavy atom. The molecule has 1 N–H and O–H groups in total. The van der Waals surface area contributed by atoms with Crippen LogP contribution in [0, 0.1) is 17.3 Å². The largest absolute Gasteiger partial charge is 0.378 e. The van der Waals surface area contributed by atoms with E-state index in [1.807, 2.05) is 0 Å². The van der Waals surface area contributed by atoms with Crippen molar-refractivity contribution in [1.82, 2.24) is 5.32 Å². The highest BCUT2D eigenvalue weighted by Crippen LogP contribution is 2.43. The van der Waals surface area contributed by atoms with Gasteiger partial charge < -0.3 is 10.1 Å². The lowest BCUT2D eigenvalue weighted by Crippen LogP contribution is -2.63. The first kappa shape index (κ1) is 15.3. The first-order valence-electron chi connectivity index (χ1n) is 8.32. The average Bonchev–Trinajstić information content (AvgIpc) is 2.38. The summed E-state index contributed by atoms with van der Waals surface area (Å²) < 4.78 is 5.83. The maximum absolute atomic E-state index is 5.83. The van der Waals surface area contributed by atoms with Gasteiger partial charge >= 0.3 is 0 Å². The molecule has 0 amide bonds. The van der Waals surface area contributed by atoms with Gasteiger partial charge in [0.05, 0.1) is 6.10 Å². The van der Waals surface area contributed by atoms with Crippen molar-refractivity contribution in [3.8, 4) is 0 Å². The highest BCUT2D eigenvalue weighted by molar-refractivity contribution is 5.04. The zero-order chi connectivity index (χ0) is 14.0. The zero-order valence-electron chi connectivity index (χ0n) is 13.5. The molecule has 112 valence electrons. The summed E-state index contributed by atoms with van der Waals surface area (Å²) >= 11 is 0. The fraction of sp³-hybridized carbons (Fsp3) is 1.00. The fourth-order valence-corrected chi connectivity index (χ4v) is 3.92. The van der Waals surface area contributed by atoms with Crippen molar-refractivity contribution in [2.45, 2.75) is 84.9 Å². The van der Waals surface area contributed by atoms with Crippen LogP contribution in [0.4, 0.5) is 0 Å². The fourth-order valence-electron chi connectivity index (χ4n) is 3.92. The minimum atomic E-state index is 0.306. The van der Waals surface area contributed by atoms with Crippen LogP contribution >= 0.6 is 0 Å². The van der Waals surface area contributed by atoms with Crippen LogP contribution in [0.3, 0.4) is 0 Å². The van der Waals surface area contributed by atoms with E-state index < -0.39 is 0 Å². The molecule has 4 unspecified atom stereocenters. The summed E-state index contributed by atoms with van der Waals surface area (Å²) in [7, 11) is 0. The molecule has 0 bridgehead atoms. The van der Waals surface area contributed by atoms with E-state index in [2.05, 4.69) is 39.9 Å². The van der Waals surface area contributed by atoms with E-state index in [9.17, 15) is 0 Å². The van der Waals surface area contributed by atoms with Gasteiger partial charge in [0.25, 0.3) is 0 Å².